The van der Waals surface area contributed by atoms with Crippen molar-refractivity contribution in [3.05, 3.63) is 0 Å². The Morgan fingerprint density at radius 2 is 1.65 bits per heavy atom. The Morgan fingerprint density at radius 3 is 2.12 bits per heavy atom. The van der Waals surface area contributed by atoms with Gasteiger partial charge in [-0.3, -0.25) is 0 Å². The summed E-state index contributed by atoms with van der Waals surface area (Å²) in [5.41, 5.74) is 5.59. The molecule has 3 N–H and O–H groups in total. The van der Waals surface area contributed by atoms with Gasteiger partial charge >= 0.3 is 0 Å². The lowest BCUT2D eigenvalue weighted by Crippen LogP contribution is -2.53. The lowest BCUT2D eigenvalue weighted by atomic mass is 9.89. The monoisotopic (exact) mass is 282 g/mol. The van der Waals surface area contributed by atoms with Crippen LogP contribution in [-0.2, 0) is 19.9 Å². The molecule has 2 aliphatic rings. The molecule has 17 heavy (non-hydrogen) atoms. The van der Waals surface area contributed by atoms with Crippen molar-refractivity contribution in [3.63, 3.8) is 0 Å². The van der Waals surface area contributed by atoms with Gasteiger partial charge in [0.15, 0.2) is 0 Å². The lowest BCUT2D eigenvalue weighted by molar-refractivity contribution is 0.325. The summed E-state index contributed by atoms with van der Waals surface area (Å²) in [6.07, 6.45) is 1.75. The molecule has 100 valence electrons. The van der Waals surface area contributed by atoms with Gasteiger partial charge in [0.1, 0.15) is 9.84 Å². The summed E-state index contributed by atoms with van der Waals surface area (Å²) < 4.78 is 49.0. The summed E-state index contributed by atoms with van der Waals surface area (Å²) in [5.74, 6) is -0.0501. The minimum Gasteiger partial charge on any atom is -0.328 e. The maximum Gasteiger partial charge on any atom is 0.214 e. The zero-order chi connectivity index (χ0) is 12.7. The van der Waals surface area contributed by atoms with Crippen molar-refractivity contribution in [2.75, 3.05) is 11.5 Å². The Balaban J connectivity index is 1.93. The Bertz CT molecular complexity index is 465. The second-order valence-electron chi connectivity index (χ2n) is 4.94. The lowest BCUT2D eigenvalue weighted by Gasteiger charge is -2.34. The maximum absolute atomic E-state index is 12.0. The normalized spacial score (nSPS) is 34.2. The molecule has 8 heteroatoms. The van der Waals surface area contributed by atoms with Crippen molar-refractivity contribution in [2.24, 2.45) is 5.73 Å². The quantitative estimate of drug-likeness (QED) is 0.688. The highest BCUT2D eigenvalue weighted by molar-refractivity contribution is 7.92. The first kappa shape index (κ1) is 13.3. The number of nitrogens with one attached hydrogen (secondary N) is 1. The van der Waals surface area contributed by atoms with Crippen molar-refractivity contribution >= 4 is 19.9 Å². The average molecular weight is 282 g/mol. The fourth-order valence-corrected chi connectivity index (χ4v) is 5.76. The molecule has 1 aliphatic carbocycles. The second-order valence-corrected chi connectivity index (χ2v) is 9.24. The molecule has 0 aromatic heterocycles. The minimum atomic E-state index is -3.39. The molecule has 0 unspecified atom stereocenters. The zero-order valence-corrected chi connectivity index (χ0v) is 11.1. The highest BCUT2D eigenvalue weighted by Gasteiger charge is 2.36. The molecular weight excluding hydrogens is 264 g/mol. The first-order valence-corrected chi connectivity index (χ1v) is 9.12. The predicted octanol–water partition coefficient (Wildman–Crippen LogP) is -1.03. The largest absolute Gasteiger partial charge is 0.328 e. The SMILES string of the molecule is NC1CC(NS(=O)(=O)C2CCS(=O)(=O)CC2)C1. The minimum absolute atomic E-state index is 0.0250. The van der Waals surface area contributed by atoms with Gasteiger partial charge in [0, 0.05) is 12.1 Å². The summed E-state index contributed by atoms with van der Waals surface area (Å²) >= 11 is 0. The number of sulfone groups is 1. The number of sulfonamides is 1. The third kappa shape index (κ3) is 3.18. The van der Waals surface area contributed by atoms with Gasteiger partial charge in [0.25, 0.3) is 0 Å². The van der Waals surface area contributed by atoms with Crippen molar-refractivity contribution in [3.8, 4) is 0 Å². The van der Waals surface area contributed by atoms with E-state index >= 15 is 0 Å². The topological polar surface area (TPSA) is 106 Å². The van der Waals surface area contributed by atoms with Crippen LogP contribution in [0.5, 0.6) is 0 Å². The summed E-state index contributed by atoms with van der Waals surface area (Å²) in [5, 5.41) is -0.567. The number of nitrogens with two attached hydrogens (primary N) is 1. The van der Waals surface area contributed by atoms with E-state index < -0.39 is 25.1 Å². The van der Waals surface area contributed by atoms with Crippen LogP contribution in [0.25, 0.3) is 0 Å². The van der Waals surface area contributed by atoms with Crippen LogP contribution in [0.4, 0.5) is 0 Å². The van der Waals surface area contributed by atoms with Crippen molar-refractivity contribution in [2.45, 2.75) is 43.0 Å². The number of rotatable bonds is 3. The van der Waals surface area contributed by atoms with E-state index in [1.165, 1.54) is 0 Å². The highest BCUT2D eigenvalue weighted by Crippen LogP contribution is 2.23. The molecule has 6 nitrogen and oxygen atoms in total. The van der Waals surface area contributed by atoms with Crippen LogP contribution in [0.2, 0.25) is 0 Å². The molecule has 0 bridgehead atoms. The molecule has 1 saturated carbocycles. The maximum atomic E-state index is 12.0. The standard InChI is InChI=1S/C9H18N2O4S2/c10-7-5-8(6-7)11-17(14,15)9-1-3-16(12,13)4-2-9/h7-9,11H,1-6,10H2. The Hall–Kier alpha value is -0.180. The highest BCUT2D eigenvalue weighted by atomic mass is 32.2. The van der Waals surface area contributed by atoms with Gasteiger partial charge in [-0.15, -0.1) is 0 Å². The van der Waals surface area contributed by atoms with Gasteiger partial charge in [0.2, 0.25) is 10.0 Å². The van der Waals surface area contributed by atoms with Crippen LogP contribution < -0.4 is 10.5 Å². The first-order valence-electron chi connectivity index (χ1n) is 5.76. The molecule has 0 atom stereocenters. The smallest absolute Gasteiger partial charge is 0.214 e. The molecule has 2 fully saturated rings. The van der Waals surface area contributed by atoms with Gasteiger partial charge < -0.3 is 5.73 Å². The second kappa shape index (κ2) is 4.49. The van der Waals surface area contributed by atoms with Crippen LogP contribution >= 0.6 is 0 Å². The van der Waals surface area contributed by atoms with E-state index in [0.29, 0.717) is 12.8 Å². The van der Waals surface area contributed by atoms with Crippen LogP contribution in [0, 0.1) is 0 Å². The van der Waals surface area contributed by atoms with Gasteiger partial charge in [-0.25, -0.2) is 21.6 Å². The molecule has 1 heterocycles. The molecule has 0 spiro atoms. The van der Waals surface area contributed by atoms with Crippen LogP contribution in [0.3, 0.4) is 0 Å². The molecule has 0 radical (unpaired) electrons. The number of hydrogen-bond donors (Lipinski definition) is 2. The molecule has 1 aliphatic heterocycles. The predicted molar refractivity (Wildman–Crippen MR) is 64.7 cm³/mol. The Kier molecular flexibility index (Phi) is 3.50. The summed E-state index contributed by atoms with van der Waals surface area (Å²) in [6, 6.07) is 0.0305. The summed E-state index contributed by atoms with van der Waals surface area (Å²) in [6.45, 7) is 0. The van der Waals surface area contributed by atoms with E-state index in [0.717, 1.165) is 0 Å². The summed E-state index contributed by atoms with van der Waals surface area (Å²) in [4.78, 5) is 0. The van der Waals surface area contributed by atoms with E-state index in [-0.39, 0.29) is 36.4 Å². The zero-order valence-electron chi connectivity index (χ0n) is 9.50. The fraction of sp³-hybridized carbons (Fsp3) is 1.00. The molecule has 0 amide bonds. The van der Waals surface area contributed by atoms with E-state index in [9.17, 15) is 16.8 Å². The van der Waals surface area contributed by atoms with Crippen LogP contribution in [0.15, 0.2) is 0 Å². The molecule has 0 aromatic rings. The van der Waals surface area contributed by atoms with E-state index in [1.54, 1.807) is 0 Å². The molecule has 0 aromatic carbocycles. The number of hydrogen-bond acceptors (Lipinski definition) is 5. The molecule has 1 saturated heterocycles. The Morgan fingerprint density at radius 1 is 1.12 bits per heavy atom. The summed E-state index contributed by atoms with van der Waals surface area (Å²) in [7, 11) is -6.40. The van der Waals surface area contributed by atoms with Crippen molar-refractivity contribution in [1.82, 2.24) is 4.72 Å². The third-order valence-electron chi connectivity index (χ3n) is 3.45. The van der Waals surface area contributed by atoms with Crippen molar-refractivity contribution in [1.29, 1.82) is 0 Å². The molecule has 2 rings (SSSR count). The fourth-order valence-electron chi connectivity index (χ4n) is 2.27. The van der Waals surface area contributed by atoms with Crippen LogP contribution in [0.1, 0.15) is 25.7 Å². The van der Waals surface area contributed by atoms with Crippen molar-refractivity contribution < 1.29 is 16.8 Å². The van der Waals surface area contributed by atoms with Gasteiger partial charge in [-0.2, -0.15) is 0 Å². The van der Waals surface area contributed by atoms with Gasteiger partial charge in [-0.1, -0.05) is 0 Å². The molecular formula is C9H18N2O4S2. The van der Waals surface area contributed by atoms with E-state index in [4.69, 9.17) is 5.73 Å². The Labute approximate surface area is 102 Å². The average Bonchev–Trinajstić information content (AvgIpc) is 2.14. The first-order chi connectivity index (χ1) is 7.78. The van der Waals surface area contributed by atoms with Gasteiger partial charge in [-0.05, 0) is 25.7 Å². The third-order valence-corrected chi connectivity index (χ3v) is 7.17. The van der Waals surface area contributed by atoms with Crippen LogP contribution in [-0.4, -0.2) is 45.7 Å². The van der Waals surface area contributed by atoms with E-state index in [2.05, 4.69) is 4.72 Å². The van der Waals surface area contributed by atoms with Gasteiger partial charge in [0.05, 0.1) is 16.8 Å². The van der Waals surface area contributed by atoms with E-state index in [1.807, 2.05) is 0 Å².